The van der Waals surface area contributed by atoms with E-state index in [1.807, 2.05) is 36.4 Å². The topological polar surface area (TPSA) is 68.3 Å². The van der Waals surface area contributed by atoms with Gasteiger partial charge in [0.25, 0.3) is 5.91 Å². The van der Waals surface area contributed by atoms with Crippen molar-refractivity contribution in [3.8, 4) is 22.8 Å². The summed E-state index contributed by atoms with van der Waals surface area (Å²) in [6, 6.07) is 23.6. The molecule has 152 valence electrons. The van der Waals surface area contributed by atoms with Crippen LogP contribution >= 0.6 is 27.5 Å². The first-order valence-electron chi connectivity index (χ1n) is 9.39. The Balaban J connectivity index is 1.37. The van der Waals surface area contributed by atoms with Gasteiger partial charge in [-0.1, -0.05) is 45.7 Å². The Morgan fingerprint density at radius 2 is 1.74 bits per heavy atom. The number of nitrogens with zero attached hydrogens (tertiary/aromatic N) is 1. The van der Waals surface area contributed by atoms with Gasteiger partial charge in [0.15, 0.2) is 11.3 Å². The number of carbonyl (C=O) groups excluding carboxylic acids is 1. The van der Waals surface area contributed by atoms with Crippen LogP contribution in [-0.2, 0) is 0 Å². The summed E-state index contributed by atoms with van der Waals surface area (Å²) in [4.78, 5) is 17.2. The number of carbonyl (C=O) groups is 1. The van der Waals surface area contributed by atoms with Crippen LogP contribution in [-0.4, -0.2) is 10.9 Å². The van der Waals surface area contributed by atoms with Crippen molar-refractivity contribution in [2.45, 2.75) is 0 Å². The molecule has 1 amide bonds. The Labute approximate surface area is 190 Å². The maximum absolute atomic E-state index is 12.6. The number of hydrogen-bond donors (Lipinski definition) is 1. The number of rotatable bonds is 4. The van der Waals surface area contributed by atoms with Crippen LogP contribution in [0.15, 0.2) is 92.2 Å². The molecule has 0 fully saturated rings. The molecule has 0 aliphatic heterocycles. The number of hydrogen-bond acceptors (Lipinski definition) is 4. The molecule has 0 spiro atoms. The molecule has 0 aliphatic carbocycles. The normalized spacial score (nSPS) is 11.0. The average Bonchev–Trinajstić information content (AvgIpc) is 3.41. The Bertz CT molecular complexity index is 1420. The van der Waals surface area contributed by atoms with Gasteiger partial charge in [0.2, 0.25) is 5.89 Å². The molecule has 5 rings (SSSR count). The van der Waals surface area contributed by atoms with Crippen molar-refractivity contribution in [1.82, 2.24) is 4.98 Å². The second-order valence-electron chi connectivity index (χ2n) is 6.84. The first kappa shape index (κ1) is 19.6. The Kier molecular flexibility index (Phi) is 5.10. The predicted molar refractivity (Wildman–Crippen MR) is 124 cm³/mol. The molecule has 0 saturated carbocycles. The maximum Gasteiger partial charge on any atom is 0.291 e. The monoisotopic (exact) mass is 492 g/mol. The Morgan fingerprint density at radius 3 is 2.58 bits per heavy atom. The molecule has 3 aromatic carbocycles. The number of oxazole rings is 1. The summed E-state index contributed by atoms with van der Waals surface area (Å²) in [6.07, 6.45) is 0. The number of furan rings is 1. The van der Waals surface area contributed by atoms with Crippen LogP contribution in [0.5, 0.6) is 0 Å². The van der Waals surface area contributed by atoms with Crippen molar-refractivity contribution in [2.24, 2.45) is 0 Å². The summed E-state index contributed by atoms with van der Waals surface area (Å²) in [5, 5.41) is 3.44. The lowest BCUT2D eigenvalue weighted by molar-refractivity contribution is 0.0997. The van der Waals surface area contributed by atoms with Gasteiger partial charge in [0.05, 0.1) is 0 Å². The highest BCUT2D eigenvalue weighted by atomic mass is 79.9. The van der Waals surface area contributed by atoms with E-state index >= 15 is 0 Å². The third-order valence-corrected chi connectivity index (χ3v) is 5.38. The molecule has 7 heteroatoms. The summed E-state index contributed by atoms with van der Waals surface area (Å²) in [7, 11) is 0. The highest BCUT2D eigenvalue weighted by molar-refractivity contribution is 9.10. The molecular formula is C24H14BrClN2O3. The number of anilines is 1. The van der Waals surface area contributed by atoms with Crippen LogP contribution in [0.1, 0.15) is 10.6 Å². The van der Waals surface area contributed by atoms with Gasteiger partial charge in [-0.3, -0.25) is 4.79 Å². The minimum Gasteiger partial charge on any atom is -0.451 e. The standard InChI is InChI=1S/C24H14BrClN2O3/c25-16-5-1-4-15(11-16)24-28-19-13-18(7-8-21(19)31-24)27-23(29)22-10-9-20(30-22)14-3-2-6-17(26)12-14/h1-13H,(H,27,29). The fourth-order valence-electron chi connectivity index (χ4n) is 3.20. The fourth-order valence-corrected chi connectivity index (χ4v) is 3.79. The minimum atomic E-state index is -0.358. The van der Waals surface area contributed by atoms with E-state index in [0.717, 1.165) is 15.6 Å². The molecule has 0 radical (unpaired) electrons. The first-order chi connectivity index (χ1) is 15.0. The zero-order valence-corrected chi connectivity index (χ0v) is 18.3. The smallest absolute Gasteiger partial charge is 0.291 e. The average molecular weight is 494 g/mol. The fraction of sp³-hybridized carbons (Fsp3) is 0. The molecule has 5 nitrogen and oxygen atoms in total. The van der Waals surface area contributed by atoms with Gasteiger partial charge in [-0.2, -0.15) is 0 Å². The van der Waals surface area contributed by atoms with Crippen molar-refractivity contribution in [2.75, 3.05) is 5.32 Å². The van der Waals surface area contributed by atoms with E-state index < -0.39 is 0 Å². The van der Waals surface area contributed by atoms with E-state index in [1.54, 1.807) is 42.5 Å². The van der Waals surface area contributed by atoms with Crippen molar-refractivity contribution in [3.05, 3.63) is 94.1 Å². The van der Waals surface area contributed by atoms with Crippen molar-refractivity contribution >= 4 is 50.2 Å². The van der Waals surface area contributed by atoms with Gasteiger partial charge >= 0.3 is 0 Å². The zero-order valence-electron chi connectivity index (χ0n) is 15.9. The molecule has 0 saturated heterocycles. The van der Waals surface area contributed by atoms with Gasteiger partial charge in [-0.25, -0.2) is 4.98 Å². The number of aromatic nitrogens is 1. The number of nitrogens with one attached hydrogen (secondary N) is 1. The molecule has 31 heavy (non-hydrogen) atoms. The van der Waals surface area contributed by atoms with E-state index in [1.165, 1.54) is 0 Å². The lowest BCUT2D eigenvalue weighted by Gasteiger charge is -2.03. The number of halogens is 2. The highest BCUT2D eigenvalue weighted by Crippen LogP contribution is 2.29. The molecule has 0 aliphatic rings. The third-order valence-electron chi connectivity index (χ3n) is 4.66. The van der Waals surface area contributed by atoms with E-state index in [9.17, 15) is 4.79 Å². The zero-order chi connectivity index (χ0) is 21.4. The van der Waals surface area contributed by atoms with Gasteiger partial charge in [0, 0.05) is 26.3 Å². The summed E-state index contributed by atoms with van der Waals surface area (Å²) in [5.41, 5.74) is 3.53. The van der Waals surface area contributed by atoms with Crippen LogP contribution in [0.25, 0.3) is 33.9 Å². The molecule has 1 N–H and O–H groups in total. The van der Waals surface area contributed by atoms with E-state index in [2.05, 4.69) is 26.2 Å². The molecule has 5 aromatic rings. The second-order valence-corrected chi connectivity index (χ2v) is 8.19. The summed E-state index contributed by atoms with van der Waals surface area (Å²) in [6.45, 7) is 0. The molecule has 0 bridgehead atoms. The molecular weight excluding hydrogens is 480 g/mol. The second kappa shape index (κ2) is 8.06. The van der Waals surface area contributed by atoms with Crippen LogP contribution < -0.4 is 5.32 Å². The Hall–Kier alpha value is -3.35. The van der Waals surface area contributed by atoms with Crippen LogP contribution in [0, 0.1) is 0 Å². The molecule has 0 unspecified atom stereocenters. The molecule has 2 heterocycles. The molecule has 2 aromatic heterocycles. The van der Waals surface area contributed by atoms with Gasteiger partial charge in [-0.05, 0) is 60.7 Å². The SMILES string of the molecule is O=C(Nc1ccc2oc(-c3cccc(Br)c3)nc2c1)c1ccc(-c2cccc(Cl)c2)o1. The number of amides is 1. The van der Waals surface area contributed by atoms with Crippen molar-refractivity contribution < 1.29 is 13.6 Å². The maximum atomic E-state index is 12.6. The molecule has 0 atom stereocenters. The quantitative estimate of drug-likeness (QED) is 0.283. The van der Waals surface area contributed by atoms with Crippen LogP contribution in [0.4, 0.5) is 5.69 Å². The van der Waals surface area contributed by atoms with Crippen molar-refractivity contribution in [3.63, 3.8) is 0 Å². The summed E-state index contributed by atoms with van der Waals surface area (Å²) < 4.78 is 12.5. The number of fused-ring (bicyclic) bond motifs is 1. The number of benzene rings is 3. The Morgan fingerprint density at radius 1 is 0.903 bits per heavy atom. The van der Waals surface area contributed by atoms with Gasteiger partial charge in [-0.15, -0.1) is 0 Å². The lowest BCUT2D eigenvalue weighted by Crippen LogP contribution is -2.10. The van der Waals surface area contributed by atoms with Gasteiger partial charge in [0.1, 0.15) is 11.3 Å². The van der Waals surface area contributed by atoms with E-state index in [4.69, 9.17) is 20.4 Å². The first-order valence-corrected chi connectivity index (χ1v) is 10.6. The largest absolute Gasteiger partial charge is 0.451 e. The van der Waals surface area contributed by atoms with Crippen LogP contribution in [0.2, 0.25) is 5.02 Å². The summed E-state index contributed by atoms with van der Waals surface area (Å²) in [5.74, 6) is 0.920. The highest BCUT2D eigenvalue weighted by Gasteiger charge is 2.14. The van der Waals surface area contributed by atoms with E-state index in [0.29, 0.717) is 33.5 Å². The van der Waals surface area contributed by atoms with Crippen molar-refractivity contribution in [1.29, 1.82) is 0 Å². The van der Waals surface area contributed by atoms with Crippen LogP contribution in [0.3, 0.4) is 0 Å². The summed E-state index contributed by atoms with van der Waals surface area (Å²) >= 11 is 9.48. The third kappa shape index (κ3) is 4.13. The van der Waals surface area contributed by atoms with E-state index in [-0.39, 0.29) is 11.7 Å². The van der Waals surface area contributed by atoms with Gasteiger partial charge < -0.3 is 14.2 Å². The minimum absolute atomic E-state index is 0.199. The predicted octanol–water partition coefficient (Wildman–Crippen LogP) is 7.42. The lowest BCUT2D eigenvalue weighted by atomic mass is 10.2.